The lowest BCUT2D eigenvalue weighted by atomic mass is 10.0. The van der Waals surface area contributed by atoms with E-state index in [2.05, 4.69) is 41.4 Å². The predicted octanol–water partition coefficient (Wildman–Crippen LogP) is 6.10. The second-order valence-corrected chi connectivity index (χ2v) is 7.05. The van der Waals surface area contributed by atoms with E-state index in [1.165, 1.54) is 11.1 Å². The quantitative estimate of drug-likeness (QED) is 0.450. The van der Waals surface area contributed by atoms with Gasteiger partial charge in [-0.3, -0.25) is 0 Å². The van der Waals surface area contributed by atoms with E-state index < -0.39 is 0 Å². The minimum absolute atomic E-state index is 0.157. The Morgan fingerprint density at radius 1 is 0.792 bits per heavy atom. The Bertz CT molecular complexity index is 915. The van der Waals surface area contributed by atoms with Crippen LogP contribution in [-0.4, -0.2) is 9.97 Å². The lowest BCUT2D eigenvalue weighted by Crippen LogP contribution is -1.97. The van der Waals surface area contributed by atoms with Gasteiger partial charge in [-0.05, 0) is 35.4 Å². The number of H-pyrrole nitrogens is 1. The first-order valence-corrected chi connectivity index (χ1v) is 8.97. The van der Waals surface area contributed by atoms with Gasteiger partial charge in [-0.25, -0.2) is 4.98 Å². The summed E-state index contributed by atoms with van der Waals surface area (Å²) in [7, 11) is 0. The lowest BCUT2D eigenvalue weighted by molar-refractivity contribution is 1.05. The Balaban J connectivity index is 1.73. The molecule has 0 aliphatic rings. The first-order valence-electron chi connectivity index (χ1n) is 7.71. The first kappa shape index (κ1) is 15.3. The highest BCUT2D eigenvalue weighted by Gasteiger charge is 2.17. The van der Waals surface area contributed by atoms with Crippen molar-refractivity contribution in [2.75, 3.05) is 0 Å². The second-order valence-electron chi connectivity index (χ2n) is 5.52. The molecule has 1 N–H and O–H groups in total. The van der Waals surface area contributed by atoms with Crippen molar-refractivity contribution >= 4 is 34.4 Å². The van der Waals surface area contributed by atoms with Crippen molar-refractivity contribution in [2.24, 2.45) is 0 Å². The molecule has 0 aliphatic heterocycles. The normalized spacial score (nSPS) is 12.4. The fourth-order valence-corrected chi connectivity index (χ4v) is 3.95. The number of fused-ring (bicyclic) bond motifs is 1. The summed E-state index contributed by atoms with van der Waals surface area (Å²) < 4.78 is 0. The molecular formula is C20H15ClN2S. The minimum Gasteiger partial charge on any atom is -0.333 e. The molecule has 0 fully saturated rings. The molecule has 0 saturated heterocycles. The van der Waals surface area contributed by atoms with E-state index in [4.69, 9.17) is 16.6 Å². The van der Waals surface area contributed by atoms with E-state index in [0.29, 0.717) is 0 Å². The summed E-state index contributed by atoms with van der Waals surface area (Å²) in [6.45, 7) is 0. The summed E-state index contributed by atoms with van der Waals surface area (Å²) in [5.41, 5.74) is 4.49. The van der Waals surface area contributed by atoms with Crippen LogP contribution in [0.2, 0.25) is 5.02 Å². The fourth-order valence-electron chi connectivity index (χ4n) is 2.69. The third kappa shape index (κ3) is 3.18. The van der Waals surface area contributed by atoms with Crippen molar-refractivity contribution in [3.8, 4) is 0 Å². The van der Waals surface area contributed by atoms with Gasteiger partial charge in [0.05, 0.1) is 16.3 Å². The number of thioether (sulfide) groups is 1. The molecule has 0 saturated carbocycles. The largest absolute Gasteiger partial charge is 0.333 e. The molecule has 0 radical (unpaired) electrons. The zero-order valence-electron chi connectivity index (χ0n) is 12.8. The summed E-state index contributed by atoms with van der Waals surface area (Å²) >= 11 is 7.77. The lowest BCUT2D eigenvalue weighted by Gasteiger charge is -2.16. The molecule has 1 heterocycles. The average molecular weight is 351 g/mol. The Hall–Kier alpha value is -2.23. The molecule has 4 rings (SSSR count). The molecule has 3 aromatic carbocycles. The number of halogens is 1. The number of hydrogen-bond acceptors (Lipinski definition) is 2. The van der Waals surface area contributed by atoms with E-state index in [9.17, 15) is 0 Å². The highest BCUT2D eigenvalue weighted by atomic mass is 35.5. The van der Waals surface area contributed by atoms with Crippen molar-refractivity contribution in [3.05, 3.63) is 95.0 Å². The summed E-state index contributed by atoms with van der Waals surface area (Å²) in [5.74, 6) is 0. The van der Waals surface area contributed by atoms with Crippen molar-refractivity contribution in [3.63, 3.8) is 0 Å². The van der Waals surface area contributed by atoms with Crippen LogP contribution in [0.25, 0.3) is 11.0 Å². The zero-order valence-corrected chi connectivity index (χ0v) is 14.4. The first-order chi connectivity index (χ1) is 11.8. The Labute approximate surface area is 149 Å². The fraction of sp³-hybridized carbons (Fsp3) is 0.0500. The maximum absolute atomic E-state index is 6.05. The van der Waals surface area contributed by atoms with Crippen LogP contribution in [-0.2, 0) is 0 Å². The number of hydrogen-bond donors (Lipinski definition) is 1. The number of rotatable bonds is 4. The van der Waals surface area contributed by atoms with Gasteiger partial charge in [-0.1, -0.05) is 78.0 Å². The Morgan fingerprint density at radius 2 is 1.46 bits per heavy atom. The van der Waals surface area contributed by atoms with Gasteiger partial charge in [-0.15, -0.1) is 0 Å². The van der Waals surface area contributed by atoms with Gasteiger partial charge in [0.25, 0.3) is 0 Å². The number of para-hydroxylation sites is 2. The van der Waals surface area contributed by atoms with Crippen LogP contribution >= 0.6 is 23.4 Å². The molecule has 0 aliphatic carbocycles. The molecule has 1 atom stereocenters. The van der Waals surface area contributed by atoms with Gasteiger partial charge in [0.1, 0.15) is 0 Å². The van der Waals surface area contributed by atoms with Gasteiger partial charge < -0.3 is 4.98 Å². The highest BCUT2D eigenvalue weighted by Crippen LogP contribution is 2.40. The van der Waals surface area contributed by atoms with E-state index in [0.717, 1.165) is 21.2 Å². The van der Waals surface area contributed by atoms with Crippen LogP contribution in [0.5, 0.6) is 0 Å². The molecule has 118 valence electrons. The Kier molecular flexibility index (Phi) is 4.28. The number of nitrogens with zero attached hydrogens (tertiary/aromatic N) is 1. The van der Waals surface area contributed by atoms with Gasteiger partial charge in [0.2, 0.25) is 0 Å². The smallest absolute Gasteiger partial charge is 0.167 e. The van der Waals surface area contributed by atoms with Crippen LogP contribution in [0.3, 0.4) is 0 Å². The molecule has 4 aromatic rings. The van der Waals surface area contributed by atoms with Gasteiger partial charge >= 0.3 is 0 Å². The van der Waals surface area contributed by atoms with Gasteiger partial charge in [-0.2, -0.15) is 0 Å². The number of aromatic nitrogens is 2. The molecule has 24 heavy (non-hydrogen) atoms. The van der Waals surface area contributed by atoms with Crippen LogP contribution in [0.15, 0.2) is 84.0 Å². The molecule has 4 heteroatoms. The molecule has 1 aromatic heterocycles. The Morgan fingerprint density at radius 3 is 2.21 bits per heavy atom. The van der Waals surface area contributed by atoms with Crippen molar-refractivity contribution in [2.45, 2.75) is 10.4 Å². The minimum atomic E-state index is 0.157. The highest BCUT2D eigenvalue weighted by molar-refractivity contribution is 7.99. The topological polar surface area (TPSA) is 28.7 Å². The van der Waals surface area contributed by atoms with Gasteiger partial charge in [0, 0.05) is 5.02 Å². The van der Waals surface area contributed by atoms with Crippen LogP contribution in [0, 0.1) is 0 Å². The molecule has 0 unspecified atom stereocenters. The summed E-state index contributed by atoms with van der Waals surface area (Å²) in [6, 6.07) is 26.6. The zero-order chi connectivity index (χ0) is 16.4. The van der Waals surface area contributed by atoms with E-state index >= 15 is 0 Å². The van der Waals surface area contributed by atoms with E-state index in [-0.39, 0.29) is 5.25 Å². The van der Waals surface area contributed by atoms with Crippen LogP contribution < -0.4 is 0 Å². The number of nitrogens with one attached hydrogen (secondary N) is 1. The molecule has 0 amide bonds. The van der Waals surface area contributed by atoms with Crippen LogP contribution in [0.1, 0.15) is 16.4 Å². The summed E-state index contributed by atoms with van der Waals surface area (Å²) in [6.07, 6.45) is 0. The monoisotopic (exact) mass is 350 g/mol. The number of aromatic amines is 1. The predicted molar refractivity (Wildman–Crippen MR) is 102 cm³/mol. The number of benzene rings is 3. The summed E-state index contributed by atoms with van der Waals surface area (Å²) in [5, 5.41) is 1.82. The third-order valence-electron chi connectivity index (χ3n) is 3.87. The van der Waals surface area contributed by atoms with Crippen LogP contribution in [0.4, 0.5) is 0 Å². The van der Waals surface area contributed by atoms with E-state index in [1.54, 1.807) is 11.8 Å². The van der Waals surface area contributed by atoms with Crippen molar-refractivity contribution in [1.29, 1.82) is 0 Å². The molecule has 0 bridgehead atoms. The maximum Gasteiger partial charge on any atom is 0.167 e. The summed E-state index contributed by atoms with van der Waals surface area (Å²) in [4.78, 5) is 8.11. The molecule has 0 spiro atoms. The molecular weight excluding hydrogens is 336 g/mol. The maximum atomic E-state index is 6.05. The standard InChI is InChI=1S/C20H15ClN2S/c21-16-12-10-15(11-13-16)19(14-6-2-1-3-7-14)24-20-22-17-8-4-5-9-18(17)23-20/h1-13,19H,(H,22,23)/t19-/m1/s1. The third-order valence-corrected chi connectivity index (χ3v) is 5.32. The average Bonchev–Trinajstić information content (AvgIpc) is 3.04. The van der Waals surface area contributed by atoms with Crippen molar-refractivity contribution < 1.29 is 0 Å². The van der Waals surface area contributed by atoms with Gasteiger partial charge in [0.15, 0.2) is 5.16 Å². The number of imidazole rings is 1. The SMILES string of the molecule is Clc1ccc([C@H](Sc2nc3ccccc3[nH]2)c2ccccc2)cc1. The van der Waals surface area contributed by atoms with E-state index in [1.807, 2.05) is 42.5 Å². The molecule has 2 nitrogen and oxygen atoms in total. The second kappa shape index (κ2) is 6.71. The van der Waals surface area contributed by atoms with Crippen molar-refractivity contribution in [1.82, 2.24) is 9.97 Å².